The molecule has 2 aromatic heterocycles. The van der Waals surface area contributed by atoms with E-state index in [1.165, 1.54) is 6.33 Å². The summed E-state index contributed by atoms with van der Waals surface area (Å²) < 4.78 is 1.57. The number of hydrogen-bond acceptors (Lipinski definition) is 13. The number of nitrogens with one attached hydrogen (secondary N) is 10. The Morgan fingerprint density at radius 3 is 2.11 bits per heavy atom. The third-order valence-corrected chi connectivity index (χ3v) is 15.6. The van der Waals surface area contributed by atoms with Crippen LogP contribution in [0.2, 0.25) is 0 Å². The third kappa shape index (κ3) is 17.1. The van der Waals surface area contributed by atoms with Crippen molar-refractivity contribution in [1.29, 1.82) is 0 Å². The van der Waals surface area contributed by atoms with Gasteiger partial charge in [-0.25, -0.2) is 9.78 Å². The summed E-state index contributed by atoms with van der Waals surface area (Å²) in [7, 11) is 0. The Morgan fingerprint density at radius 1 is 0.774 bits per heavy atom. The van der Waals surface area contributed by atoms with Gasteiger partial charge in [-0.3, -0.25) is 57.7 Å². The Morgan fingerprint density at radius 2 is 1.46 bits per heavy atom. The lowest BCUT2D eigenvalue weighted by Crippen LogP contribution is -2.61. The molecule has 7 bridgehead atoms. The lowest BCUT2D eigenvalue weighted by Gasteiger charge is -2.33. The van der Waals surface area contributed by atoms with Gasteiger partial charge in [0.25, 0.3) is 0 Å². The first-order chi connectivity index (χ1) is 39.9. The van der Waals surface area contributed by atoms with Crippen LogP contribution in [0.5, 0.6) is 0 Å². The van der Waals surface area contributed by atoms with Crippen molar-refractivity contribution in [2.45, 2.75) is 166 Å². The maximum Gasteiger partial charge on any atom is 0.326 e. The fraction of sp³-hybridized carbons (Fsp3) is 0.582. The van der Waals surface area contributed by atoms with Crippen molar-refractivity contribution in [3.8, 4) is 5.82 Å². The number of fused-ring (bicyclic) bond motifs is 13. The number of guanidine groups is 2. The highest BCUT2D eigenvalue weighted by Crippen LogP contribution is 2.35. The molecule has 0 radical (unpaired) electrons. The van der Waals surface area contributed by atoms with Crippen molar-refractivity contribution < 1.29 is 53.1 Å². The van der Waals surface area contributed by atoms with Crippen LogP contribution in [0.25, 0.3) is 16.7 Å². The van der Waals surface area contributed by atoms with E-state index in [1.807, 2.05) is 34.6 Å². The quantitative estimate of drug-likeness (QED) is 0.0259. The van der Waals surface area contributed by atoms with Crippen LogP contribution in [0, 0.1) is 17.8 Å². The Kier molecular flexibility index (Phi) is 22.6. The number of H-pyrrole nitrogens is 1. The molecule has 3 aromatic rings. The number of carbonyl (C=O) groups is 10. The van der Waals surface area contributed by atoms with Gasteiger partial charge in [-0.1, -0.05) is 66.5 Å². The topological polar surface area (TPSA) is 462 Å². The van der Waals surface area contributed by atoms with E-state index in [0.717, 1.165) is 0 Å². The van der Waals surface area contributed by atoms with Gasteiger partial charge in [0.15, 0.2) is 11.9 Å². The second-order valence-corrected chi connectivity index (χ2v) is 22.3. The highest BCUT2D eigenvalue weighted by atomic mass is 16.4. The van der Waals surface area contributed by atoms with E-state index in [1.54, 1.807) is 35.9 Å². The Balaban J connectivity index is 1.56. The smallest absolute Gasteiger partial charge is 0.326 e. The molecular formula is C55H82N18O11. The van der Waals surface area contributed by atoms with Crippen LogP contribution in [-0.2, 0) is 60.8 Å². The number of carboxylic acid groups (broad SMARTS) is 1. The Hall–Kier alpha value is -8.79. The predicted octanol–water partition coefficient (Wildman–Crippen LogP) is -2.33. The summed E-state index contributed by atoms with van der Waals surface area (Å²) >= 11 is 0. The van der Waals surface area contributed by atoms with E-state index in [9.17, 15) is 38.7 Å². The average molecular weight is 1170 g/mol. The highest BCUT2D eigenvalue weighted by Gasteiger charge is 2.41. The van der Waals surface area contributed by atoms with Gasteiger partial charge >= 0.3 is 5.97 Å². The summed E-state index contributed by atoms with van der Waals surface area (Å²) in [6.45, 7) is 10.6. The second-order valence-electron chi connectivity index (χ2n) is 22.3. The van der Waals surface area contributed by atoms with Crippen LogP contribution < -0.4 is 70.8 Å². The Bertz CT molecular complexity index is 2980. The first-order valence-electron chi connectivity index (χ1n) is 28.6. The number of aromatic nitrogens is 3. The number of rotatable bonds is 19. The zero-order valence-corrected chi connectivity index (χ0v) is 48.3. The number of benzene rings is 1. The SMILES string of the molecule is CCC(C)C[C@@H]1NC(=O)[C@@H](NC(=O)[C@@H]2CCC(=O)N2)[C@H](C(C)C)c2ccc3c4c([nH]c3c2)-n2cnc(c2)CC(C(=O)NC(CCCN=C(N)N)C(=O)O)NC(=O)CNC(=O)[C@H](CCCN=C(N)N)NC(=O)[C@H](C4)NC(=O)[C@H](C(C)CC)NC1=O. The molecule has 6 heterocycles. The van der Waals surface area contributed by atoms with Crippen LogP contribution >= 0.6 is 0 Å². The zero-order valence-electron chi connectivity index (χ0n) is 48.3. The minimum absolute atomic E-state index is 0.0384. The fourth-order valence-electron chi connectivity index (χ4n) is 10.6. The van der Waals surface area contributed by atoms with E-state index < -0.39 is 120 Å². The van der Waals surface area contributed by atoms with Gasteiger partial charge in [-0.2, -0.15) is 0 Å². The first kappa shape index (κ1) is 64.4. The normalized spacial score (nSPS) is 23.8. The number of carboxylic acids is 1. The van der Waals surface area contributed by atoms with Crippen molar-refractivity contribution in [1.82, 2.24) is 62.4 Å². The molecule has 7 rings (SSSR count). The summed E-state index contributed by atoms with van der Waals surface area (Å²) in [5.41, 5.74) is 23.7. The molecule has 29 heteroatoms. The van der Waals surface area contributed by atoms with Crippen molar-refractivity contribution >= 4 is 82.0 Å². The highest BCUT2D eigenvalue weighted by molar-refractivity contribution is 6.00. The number of carbonyl (C=O) groups excluding carboxylic acids is 9. The molecule has 19 N–H and O–H groups in total. The van der Waals surface area contributed by atoms with E-state index in [-0.39, 0.29) is 106 Å². The van der Waals surface area contributed by atoms with Crippen molar-refractivity contribution in [2.24, 2.45) is 50.7 Å². The maximum atomic E-state index is 15.1. The number of nitrogens with zero attached hydrogens (tertiary/aromatic N) is 4. The van der Waals surface area contributed by atoms with E-state index in [0.29, 0.717) is 40.7 Å². The third-order valence-electron chi connectivity index (χ3n) is 15.6. The van der Waals surface area contributed by atoms with Crippen molar-refractivity contribution in [2.75, 3.05) is 19.6 Å². The molecule has 0 spiro atoms. The number of aliphatic carboxylic acids is 1. The number of amides is 9. The molecule has 4 aliphatic rings. The molecule has 1 saturated heterocycles. The van der Waals surface area contributed by atoms with Crippen LogP contribution in [-0.4, -0.2) is 159 Å². The van der Waals surface area contributed by atoms with Crippen LogP contribution in [0.15, 0.2) is 40.7 Å². The van der Waals surface area contributed by atoms with E-state index in [2.05, 4.69) is 67.8 Å². The fourth-order valence-corrected chi connectivity index (χ4v) is 10.6. The molecule has 4 aliphatic heterocycles. The van der Waals surface area contributed by atoms with Crippen molar-refractivity contribution in [3.63, 3.8) is 0 Å². The van der Waals surface area contributed by atoms with E-state index in [4.69, 9.17) is 22.9 Å². The van der Waals surface area contributed by atoms with Gasteiger partial charge in [0.2, 0.25) is 53.2 Å². The number of aliphatic imine (C=N–C) groups is 2. The van der Waals surface area contributed by atoms with Crippen molar-refractivity contribution in [3.05, 3.63) is 47.5 Å². The largest absolute Gasteiger partial charge is 0.480 e. The summed E-state index contributed by atoms with van der Waals surface area (Å²) in [4.78, 5) is 157. The molecule has 29 nitrogen and oxygen atoms in total. The predicted molar refractivity (Wildman–Crippen MR) is 309 cm³/mol. The van der Waals surface area contributed by atoms with Gasteiger partial charge in [0.1, 0.15) is 60.5 Å². The molecule has 1 fully saturated rings. The molecule has 1 aromatic carbocycles. The molecule has 4 unspecified atom stereocenters. The summed E-state index contributed by atoms with van der Waals surface area (Å²) in [6.07, 6.45) is 3.98. The number of aromatic amines is 1. The minimum Gasteiger partial charge on any atom is -0.480 e. The number of nitrogens with two attached hydrogens (primary N) is 4. The number of hydrogen-bond donors (Lipinski definition) is 15. The minimum atomic E-state index is -1.49. The van der Waals surface area contributed by atoms with Crippen LogP contribution in [0.4, 0.5) is 0 Å². The first-order valence-corrected chi connectivity index (χ1v) is 28.6. The van der Waals surface area contributed by atoms with Gasteiger partial charge in [0.05, 0.1) is 12.2 Å². The van der Waals surface area contributed by atoms with Gasteiger partial charge in [-0.15, -0.1) is 0 Å². The maximum absolute atomic E-state index is 15.1. The second kappa shape index (κ2) is 29.5. The molecule has 9 amide bonds. The average Bonchev–Trinajstić information content (AvgIpc) is 4.40. The zero-order chi connectivity index (χ0) is 61.5. The number of imidazole rings is 1. The Labute approximate surface area is 486 Å². The summed E-state index contributed by atoms with van der Waals surface area (Å²) in [6, 6.07) is -5.20. The van der Waals surface area contributed by atoms with E-state index >= 15 is 14.4 Å². The molecular weight excluding hydrogens is 1090 g/mol. The van der Waals surface area contributed by atoms with Gasteiger partial charge in [-0.05, 0) is 67.9 Å². The van der Waals surface area contributed by atoms with Gasteiger partial charge < -0.3 is 80.9 Å². The molecule has 11 atom stereocenters. The molecule has 0 saturated carbocycles. The standard InChI is InChI=1S/C55H82N18O11/c1-7-27(5)19-37-50(80)71-43(28(6)8-2)51(81)70-39-22-32-31-14-13-29(42(26(3)4)44(52(82)69-37)72-47(77)34-15-16-40(74)64-34)20-36(31)66-45(32)73-24-30(63-25-73)21-38(48(78)68-35(53(83)84)12-10-18-61-55(58)59)65-41(75)23-62-46(76)33(67-49(39)79)11-9-17-60-54(56)57/h13-14,20,24-28,33-35,37-39,42-44,66H,7-12,15-19,21-23H2,1-6H3,(H,62,76)(H,64,74)(H,65,75)(H,67,79)(H,68,78)(H,69,82)(H,70,81)(H,71,80)(H,72,77)(H,83,84)(H4,56,57,60)(H4,58,59,61)/t27?,28?,33-,34-,35?,37-,38?,39-,42+,43-,44-/m0/s1. The monoisotopic (exact) mass is 1170 g/mol. The summed E-state index contributed by atoms with van der Waals surface area (Å²) in [5.74, 6) is -9.81. The summed E-state index contributed by atoms with van der Waals surface area (Å²) in [5, 5.41) is 35.3. The molecule has 84 heavy (non-hydrogen) atoms. The van der Waals surface area contributed by atoms with Crippen LogP contribution in [0.3, 0.4) is 0 Å². The molecule has 0 aliphatic carbocycles. The van der Waals surface area contributed by atoms with Crippen LogP contribution in [0.1, 0.15) is 122 Å². The lowest BCUT2D eigenvalue weighted by atomic mass is 9.81. The lowest BCUT2D eigenvalue weighted by molar-refractivity contribution is -0.142. The van der Waals surface area contributed by atoms with Gasteiger partial charge in [0, 0.05) is 60.9 Å². The molecule has 458 valence electrons.